The molecule has 3 amide bonds. The van der Waals surface area contributed by atoms with Crippen molar-refractivity contribution in [1.82, 2.24) is 40.4 Å². The fourth-order valence-corrected chi connectivity index (χ4v) is 21.8. The van der Waals surface area contributed by atoms with Crippen LogP contribution in [0.1, 0.15) is 217 Å². The van der Waals surface area contributed by atoms with E-state index in [4.69, 9.17) is 52.2 Å². The number of aryl methyl sites for hydroxylation is 3. The molecule has 6 spiro atoms. The molecule has 7 fully saturated rings. The molecule has 19 rings (SSSR count). The fraction of sp³-hybridized carbons (Fsp3) is 0.511. The maximum Gasteiger partial charge on any atom is 1.00 e. The topological polar surface area (TPSA) is 261 Å². The molecule has 20 nitrogen and oxygen atoms in total. The zero-order valence-electron chi connectivity index (χ0n) is 70.1. The Hall–Kier alpha value is -5.17. The second-order valence-corrected chi connectivity index (χ2v) is 36.2. The first-order valence-electron chi connectivity index (χ1n) is 41.6. The van der Waals surface area contributed by atoms with E-state index in [1.807, 2.05) is 0 Å². The van der Waals surface area contributed by atoms with Gasteiger partial charge in [0.2, 0.25) is 0 Å². The summed E-state index contributed by atoms with van der Waals surface area (Å²) in [5.74, 6) is 1.68. The summed E-state index contributed by atoms with van der Waals surface area (Å²) in [7, 11) is 5.33. The number of ether oxygens (including phenoxy) is 3. The molecule has 9 aliphatic carbocycles. The number of hydrogen-bond acceptors (Lipinski definition) is 18. The van der Waals surface area contributed by atoms with E-state index < -0.39 is 34.1 Å². The first kappa shape index (κ1) is 95.0. The third-order valence-electron chi connectivity index (χ3n) is 27.3. The monoisotopic (exact) mass is 1810 g/mol. The molecule has 0 bridgehead atoms. The Balaban J connectivity index is 0.000000166. The number of halogens is 5. The molecule has 3 unspecified atom stereocenters. The van der Waals surface area contributed by atoms with Crippen molar-refractivity contribution in [3.8, 4) is 0 Å². The second kappa shape index (κ2) is 41.3. The smallest absolute Gasteiger partial charge is 1.00 e. The van der Waals surface area contributed by atoms with Crippen molar-refractivity contribution < 1.29 is 165 Å². The van der Waals surface area contributed by atoms with Crippen LogP contribution in [0.4, 0.5) is 17.6 Å². The Kier molecular flexibility index (Phi) is 32.4. The Bertz CT molecular complexity index is 4890. The van der Waals surface area contributed by atoms with Crippen LogP contribution in [0.2, 0.25) is 0 Å². The first-order valence-corrected chi connectivity index (χ1v) is 44.2. The number of amides is 3. The fourth-order valence-electron chi connectivity index (χ4n) is 20.3. The van der Waals surface area contributed by atoms with E-state index in [9.17, 15) is 27.2 Å². The van der Waals surface area contributed by atoms with Gasteiger partial charge in [-0.15, -0.1) is 0 Å². The summed E-state index contributed by atoms with van der Waals surface area (Å²) < 4.78 is 69.9. The number of carbonyl (C=O) groups is 4. The normalized spacial score (nSPS) is 26.6. The molecular weight excluding hydrogens is 1700 g/mol. The van der Waals surface area contributed by atoms with Gasteiger partial charge in [-0.1, -0.05) is 128 Å². The number of thioether (sulfide) groups is 1. The number of hydrogen-bond donors (Lipinski definition) is 3. The van der Waals surface area contributed by atoms with Gasteiger partial charge in [0.15, 0.2) is 32.9 Å². The van der Waals surface area contributed by atoms with Gasteiger partial charge in [0.05, 0.1) is 79.0 Å². The zero-order chi connectivity index (χ0) is 82.6. The van der Waals surface area contributed by atoms with Crippen LogP contribution in [0.25, 0.3) is 0 Å². The number of amidine groups is 1. The van der Waals surface area contributed by atoms with Crippen LogP contribution >= 0.6 is 39.9 Å². The van der Waals surface area contributed by atoms with Crippen molar-refractivity contribution in [2.75, 3.05) is 21.3 Å². The molecule has 12 aliphatic rings. The number of methoxy groups -OCH3 is 3. The van der Waals surface area contributed by atoms with Crippen LogP contribution < -0.4 is 124 Å². The molecule has 634 valence electrons. The number of thiocarbonyl (C=S) groups is 1. The van der Waals surface area contributed by atoms with Crippen LogP contribution in [0.3, 0.4) is 0 Å². The maximum absolute atomic E-state index is 15.0. The van der Waals surface area contributed by atoms with Crippen molar-refractivity contribution in [1.29, 1.82) is 0 Å². The minimum atomic E-state index is -1.05. The summed E-state index contributed by atoms with van der Waals surface area (Å²) in [6, 6.07) is 32.3. The standard InChI is InChI=1S/C34H36F2N4O2S.C28H33FN4O2.C22H28N2O2S.C6H5BrFN.CH2O3.CH4.2K.H/c1-42-29-12-14-33(15-13-29)17-24-7-6-23(5-4-22-2-3-22)16-30(24)34(33)31(41)40(20-27-10-8-25(35)18-37-27)32(39-34)43-21-28-11-9-26(36)19-38-28;1-35-23-10-12-27(13-11-23)15-20-7-6-19(5-4-18-2-3-18)14-24(20)28(27)25(34)33(26(30)32-28)17-22-9-8-21(29)16-31-22;1-26-17-8-10-21(11-9-17)13-16-7-6-15(5-4-14-2-3-14)12-18(16)22(21)19(25)23-20(27)24-22;7-3-6-2-1-5(8)4-9-6;2-1-4-3;;;;/h6-11,16,18-19,22,29H,2-5,12-15,17,20-21H2,1H3;6-9,14,16,18,23H,2-5,10-13,15,17H2,1H3,(H2,30,32);6-7,12,14,17H,2-5,8-11,13H2,1H3,(H2,23,24,25,27);1-2,4H,3H2;1,3H;1H4;;;/q;;;;;;2*+1;-1/p-1. The van der Waals surface area contributed by atoms with Gasteiger partial charge in [-0.25, -0.2) is 27.5 Å². The predicted molar refractivity (Wildman–Crippen MR) is 453 cm³/mol. The average molecular weight is 1810 g/mol. The van der Waals surface area contributed by atoms with E-state index in [0.29, 0.717) is 44.5 Å². The minimum absolute atomic E-state index is 0. The summed E-state index contributed by atoms with van der Waals surface area (Å²) in [4.78, 5) is 84.2. The molecular formula is C92H108BrF4K2N11O9S2. The number of benzene rings is 3. The van der Waals surface area contributed by atoms with Gasteiger partial charge in [-0.05, 0) is 263 Å². The number of aromatic nitrogens is 4. The van der Waals surface area contributed by atoms with Gasteiger partial charge < -0.3 is 42.1 Å². The minimum Gasteiger partial charge on any atom is -1.00 e. The summed E-state index contributed by atoms with van der Waals surface area (Å²) in [5.41, 5.74) is 16.5. The van der Waals surface area contributed by atoms with Crippen LogP contribution in [-0.2, 0) is 118 Å². The molecule has 121 heavy (non-hydrogen) atoms. The quantitative estimate of drug-likeness (QED) is 0.0122. The van der Waals surface area contributed by atoms with Crippen molar-refractivity contribution >= 4 is 80.3 Å². The summed E-state index contributed by atoms with van der Waals surface area (Å²) in [6.45, 7) is 0.195. The SMILES string of the molecule is C.COC1CCC2(CC1)Cc1ccc(CCC3CC3)cc1C21N=C(N)N(Cc2ccc(F)cn2)C1=O.COC1CCC2(CC1)Cc1ccc(CCC3CC3)cc1C21N=C(SCc2ccc(F)cn2)N(Cc2ccc(F)cn2)C1=O.COC1CCC2(CC1)Cc1ccc(CCC3CC3)cc1C21NC(=S)NC1=O.Fc1ccc(CBr)nc1.O=CO[O-].[H-].[K+].[K+]. The third kappa shape index (κ3) is 20.2. The molecule has 7 heterocycles. The van der Waals surface area contributed by atoms with E-state index in [1.165, 1.54) is 158 Å². The molecule has 3 aromatic carbocycles. The van der Waals surface area contributed by atoms with Gasteiger partial charge in [-0.3, -0.25) is 48.9 Å². The van der Waals surface area contributed by atoms with Crippen molar-refractivity contribution in [3.63, 3.8) is 0 Å². The molecule has 4 aromatic heterocycles. The Morgan fingerprint density at radius 3 is 1.27 bits per heavy atom. The van der Waals surface area contributed by atoms with Crippen LogP contribution in [0.15, 0.2) is 138 Å². The van der Waals surface area contributed by atoms with Crippen LogP contribution in [-0.4, -0.2) is 110 Å². The maximum atomic E-state index is 15.0. The molecule has 6 saturated carbocycles. The summed E-state index contributed by atoms with van der Waals surface area (Å²) >= 11 is 10.0. The number of rotatable bonds is 20. The van der Waals surface area contributed by atoms with Gasteiger partial charge in [-0.2, -0.15) is 0 Å². The van der Waals surface area contributed by atoms with Crippen molar-refractivity contribution in [2.45, 2.75) is 240 Å². The number of nitrogens with one attached hydrogen (secondary N) is 2. The molecule has 29 heteroatoms. The van der Waals surface area contributed by atoms with E-state index >= 15 is 4.79 Å². The molecule has 0 radical (unpaired) electrons. The predicted octanol–water partition coefficient (Wildman–Crippen LogP) is 9.67. The Morgan fingerprint density at radius 1 is 0.537 bits per heavy atom. The number of pyridine rings is 4. The number of aliphatic imine (C=N–C) groups is 2. The Labute approximate surface area is 811 Å². The largest absolute Gasteiger partial charge is 1.00 e. The molecule has 3 atom stereocenters. The van der Waals surface area contributed by atoms with Crippen molar-refractivity contribution in [2.24, 2.45) is 49.7 Å². The summed E-state index contributed by atoms with van der Waals surface area (Å²) in [5, 5.41) is 16.6. The number of alkyl halides is 1. The number of guanidine groups is 1. The third-order valence-corrected chi connectivity index (χ3v) is 29.0. The van der Waals surface area contributed by atoms with Crippen LogP contribution in [0, 0.1) is 57.3 Å². The molecule has 7 aromatic rings. The molecule has 1 saturated heterocycles. The van der Waals surface area contributed by atoms with Gasteiger partial charge >= 0.3 is 103 Å². The second-order valence-electron chi connectivity index (χ2n) is 34.3. The van der Waals surface area contributed by atoms with Gasteiger partial charge in [0.25, 0.3) is 24.2 Å². The first-order chi connectivity index (χ1) is 57.1. The molecule has 3 aliphatic heterocycles. The van der Waals surface area contributed by atoms with Crippen molar-refractivity contribution in [3.05, 3.63) is 224 Å². The number of fused-ring (bicyclic) bond motifs is 9. The Morgan fingerprint density at radius 2 is 0.901 bits per heavy atom. The van der Waals surface area contributed by atoms with E-state index in [-0.39, 0.29) is 189 Å². The number of nitrogens with zero attached hydrogens (tertiary/aromatic N) is 8. The van der Waals surface area contributed by atoms with E-state index in [1.54, 1.807) is 55.4 Å². The average Bonchev–Trinajstić information content (AvgIpc) is 1.54. The summed E-state index contributed by atoms with van der Waals surface area (Å²) in [6.07, 6.45) is 33.9. The van der Waals surface area contributed by atoms with Crippen LogP contribution in [0.5, 0.6) is 0 Å². The number of carbonyl (C=O) groups excluding carboxylic acids is 4. The van der Waals surface area contributed by atoms with Gasteiger partial charge in [0.1, 0.15) is 23.3 Å². The van der Waals surface area contributed by atoms with Gasteiger partial charge in [0, 0.05) is 48.7 Å². The number of nitrogens with two attached hydrogens (primary N) is 1. The van der Waals surface area contributed by atoms with E-state index in [0.717, 1.165) is 150 Å². The van der Waals surface area contributed by atoms with E-state index in [2.05, 4.69) is 106 Å². The molecule has 4 N–H and O–H groups in total. The zero-order valence-corrected chi connectivity index (χ0v) is 78.6.